The van der Waals surface area contributed by atoms with E-state index in [2.05, 4.69) is 62.2 Å². The van der Waals surface area contributed by atoms with Gasteiger partial charge in [-0.2, -0.15) is 0 Å². The number of likely N-dealkylation sites (N-methyl/N-ethyl adjacent to an activating group) is 1. The molecule has 0 saturated carbocycles. The van der Waals surface area contributed by atoms with Crippen molar-refractivity contribution in [2.75, 3.05) is 7.05 Å². The Kier molecular flexibility index (Phi) is 6.18. The third-order valence-corrected chi connectivity index (χ3v) is 6.01. The summed E-state index contributed by atoms with van der Waals surface area (Å²) >= 11 is 0. The normalized spacial score (nSPS) is 22.1. The molecule has 0 radical (unpaired) electrons. The first-order valence-corrected chi connectivity index (χ1v) is 10.3. The van der Waals surface area contributed by atoms with Crippen LogP contribution in [0.1, 0.15) is 62.6 Å². The molecule has 3 rings (SSSR count). The Hall–Kier alpha value is -1.90. The first-order valence-electron chi connectivity index (χ1n) is 10.3. The maximum atomic E-state index is 6.12. The van der Waals surface area contributed by atoms with E-state index in [0.717, 1.165) is 19.3 Å². The van der Waals surface area contributed by atoms with E-state index in [9.17, 15) is 0 Å². The van der Waals surface area contributed by atoms with Gasteiger partial charge in [0.05, 0.1) is 0 Å². The molecule has 1 atom stereocenters. The average molecular weight is 363 g/mol. The molecule has 1 aromatic rings. The minimum Gasteiger partial charge on any atom is -0.326 e. The lowest BCUT2D eigenvalue weighted by molar-refractivity contribution is 0.476. The van der Waals surface area contributed by atoms with Crippen LogP contribution < -0.4 is 11.1 Å². The molecular weight excluding hydrogens is 328 g/mol. The maximum absolute atomic E-state index is 6.12. The van der Waals surface area contributed by atoms with E-state index in [1.54, 1.807) is 0 Å². The smallest absolute Gasteiger partial charge is 0.0374 e. The van der Waals surface area contributed by atoms with Crippen LogP contribution in [0.5, 0.6) is 0 Å². The number of aryl methyl sites for hydroxylation is 1. The van der Waals surface area contributed by atoms with Gasteiger partial charge in [-0.25, -0.2) is 0 Å². The van der Waals surface area contributed by atoms with Crippen molar-refractivity contribution in [3.05, 3.63) is 76.4 Å². The highest BCUT2D eigenvalue weighted by atomic mass is 14.9. The van der Waals surface area contributed by atoms with Crippen molar-refractivity contribution in [3.8, 4) is 0 Å². The summed E-state index contributed by atoms with van der Waals surface area (Å²) in [5.74, 6) is 0. The number of fused-ring (bicyclic) bond motifs is 1. The number of hydrogen-bond acceptors (Lipinski definition) is 2. The lowest BCUT2D eigenvalue weighted by Gasteiger charge is -2.33. The van der Waals surface area contributed by atoms with Crippen LogP contribution in [0.25, 0.3) is 5.57 Å². The summed E-state index contributed by atoms with van der Waals surface area (Å²) in [5, 5.41) is 3.43. The second kappa shape index (κ2) is 8.41. The van der Waals surface area contributed by atoms with Gasteiger partial charge in [0.1, 0.15) is 0 Å². The third kappa shape index (κ3) is 4.34. The van der Waals surface area contributed by atoms with Crippen LogP contribution in [-0.4, -0.2) is 12.6 Å². The zero-order chi connectivity index (χ0) is 19.4. The van der Waals surface area contributed by atoms with Crippen LogP contribution in [0.3, 0.4) is 0 Å². The maximum Gasteiger partial charge on any atom is 0.0374 e. The summed E-state index contributed by atoms with van der Waals surface area (Å²) < 4.78 is 0. The third-order valence-electron chi connectivity index (χ3n) is 6.01. The van der Waals surface area contributed by atoms with E-state index in [1.807, 2.05) is 7.05 Å². The quantitative estimate of drug-likeness (QED) is 0.632. The highest BCUT2D eigenvalue weighted by molar-refractivity contribution is 5.86. The number of benzene rings is 1. The fourth-order valence-electron chi connectivity index (χ4n) is 4.12. The summed E-state index contributed by atoms with van der Waals surface area (Å²) in [4.78, 5) is 0. The van der Waals surface area contributed by atoms with E-state index >= 15 is 0 Å². The molecule has 0 saturated heterocycles. The van der Waals surface area contributed by atoms with Crippen molar-refractivity contribution in [2.45, 2.75) is 64.5 Å². The lowest BCUT2D eigenvalue weighted by atomic mass is 9.76. The van der Waals surface area contributed by atoms with Gasteiger partial charge >= 0.3 is 0 Å². The first-order chi connectivity index (χ1) is 13.0. The van der Waals surface area contributed by atoms with Gasteiger partial charge in [-0.3, -0.25) is 0 Å². The van der Waals surface area contributed by atoms with Crippen LogP contribution in [-0.2, 0) is 13.0 Å². The largest absolute Gasteiger partial charge is 0.326 e. The molecule has 2 aliphatic carbocycles. The molecular formula is C25H34N2. The van der Waals surface area contributed by atoms with Gasteiger partial charge in [-0.15, -0.1) is 0 Å². The van der Waals surface area contributed by atoms with Crippen molar-refractivity contribution in [3.63, 3.8) is 0 Å². The fourth-order valence-corrected chi connectivity index (χ4v) is 4.12. The topological polar surface area (TPSA) is 38.0 Å². The monoisotopic (exact) mass is 362 g/mol. The Bertz CT molecular complexity index is 810. The molecule has 1 unspecified atom stereocenters. The molecule has 1 aromatic carbocycles. The van der Waals surface area contributed by atoms with Crippen molar-refractivity contribution < 1.29 is 0 Å². The Balaban J connectivity index is 1.90. The molecule has 0 aliphatic heterocycles. The molecule has 0 heterocycles. The summed E-state index contributed by atoms with van der Waals surface area (Å²) in [6.45, 7) is 9.46. The zero-order valence-electron chi connectivity index (χ0n) is 17.2. The molecule has 2 aliphatic rings. The highest BCUT2D eigenvalue weighted by Crippen LogP contribution is 2.41. The molecule has 0 spiro atoms. The summed E-state index contributed by atoms with van der Waals surface area (Å²) in [7, 11) is 2.03. The number of nitrogens with one attached hydrogen (secondary N) is 1. The van der Waals surface area contributed by atoms with E-state index in [-0.39, 0.29) is 5.54 Å². The summed E-state index contributed by atoms with van der Waals surface area (Å²) in [6.07, 6.45) is 13.9. The van der Waals surface area contributed by atoms with Crippen molar-refractivity contribution in [1.29, 1.82) is 0 Å². The van der Waals surface area contributed by atoms with Gasteiger partial charge < -0.3 is 11.1 Å². The second-order valence-corrected chi connectivity index (χ2v) is 8.19. The van der Waals surface area contributed by atoms with Crippen LogP contribution in [0, 0.1) is 0 Å². The lowest BCUT2D eigenvalue weighted by Crippen LogP contribution is -2.39. The van der Waals surface area contributed by atoms with Crippen LogP contribution in [0.15, 0.2) is 59.7 Å². The molecule has 0 bridgehead atoms. The number of hydrogen-bond donors (Lipinski definition) is 2. The van der Waals surface area contributed by atoms with Crippen molar-refractivity contribution in [1.82, 2.24) is 5.32 Å². The minimum atomic E-state index is 0.0486. The molecule has 3 N–H and O–H groups in total. The minimum absolute atomic E-state index is 0.0486. The van der Waals surface area contributed by atoms with E-state index in [1.165, 1.54) is 58.2 Å². The molecule has 2 heteroatoms. The van der Waals surface area contributed by atoms with Crippen LogP contribution >= 0.6 is 0 Å². The second-order valence-electron chi connectivity index (χ2n) is 8.19. The molecule has 27 heavy (non-hydrogen) atoms. The first kappa shape index (κ1) is 19.9. The van der Waals surface area contributed by atoms with Gasteiger partial charge in [0, 0.05) is 12.1 Å². The molecule has 0 aromatic heterocycles. The van der Waals surface area contributed by atoms with E-state index in [4.69, 9.17) is 5.73 Å². The van der Waals surface area contributed by atoms with Gasteiger partial charge in [-0.1, -0.05) is 56.7 Å². The van der Waals surface area contributed by atoms with Crippen LogP contribution in [0.4, 0.5) is 0 Å². The number of allylic oxidation sites excluding steroid dienone is 5. The van der Waals surface area contributed by atoms with Crippen molar-refractivity contribution >= 4 is 5.57 Å². The molecule has 2 nitrogen and oxygen atoms in total. The van der Waals surface area contributed by atoms with Crippen molar-refractivity contribution in [2.24, 2.45) is 5.73 Å². The SMILES string of the molecule is C=C1CC2=CC(C)(NC)CC=C2C=C1c1ccc(CCCCC)cc1CN. The van der Waals surface area contributed by atoms with Gasteiger partial charge in [0.25, 0.3) is 0 Å². The molecule has 0 fully saturated rings. The van der Waals surface area contributed by atoms with Gasteiger partial charge in [0.2, 0.25) is 0 Å². The Morgan fingerprint density at radius 2 is 2.07 bits per heavy atom. The van der Waals surface area contributed by atoms with E-state index < -0.39 is 0 Å². The number of unbranched alkanes of at least 4 members (excludes halogenated alkanes) is 2. The fraction of sp³-hybridized carbons (Fsp3) is 0.440. The molecule has 0 amide bonds. The average Bonchev–Trinajstić information content (AvgIpc) is 2.67. The Labute approximate surface area is 164 Å². The predicted octanol–water partition coefficient (Wildman–Crippen LogP) is 5.46. The van der Waals surface area contributed by atoms with Gasteiger partial charge in [0.15, 0.2) is 0 Å². The standard InChI is InChI=1S/C25H34N2/c1-5-6-7-8-19-9-10-23(22(14-19)17-26)24-15-20-11-12-25(3,27-4)16-21(20)13-18(24)2/h9-11,14-16,27H,2,5-8,12-13,17,26H2,1,3-4H3. The number of rotatable bonds is 7. The Morgan fingerprint density at radius 1 is 1.26 bits per heavy atom. The molecule has 144 valence electrons. The zero-order valence-corrected chi connectivity index (χ0v) is 17.2. The summed E-state index contributed by atoms with van der Waals surface area (Å²) in [5.41, 5.74) is 15.2. The summed E-state index contributed by atoms with van der Waals surface area (Å²) in [6, 6.07) is 6.84. The van der Waals surface area contributed by atoms with Crippen LogP contribution in [0.2, 0.25) is 0 Å². The predicted molar refractivity (Wildman–Crippen MR) is 118 cm³/mol. The van der Waals surface area contributed by atoms with Gasteiger partial charge in [-0.05, 0) is 84.7 Å². The highest BCUT2D eigenvalue weighted by Gasteiger charge is 2.27. The Morgan fingerprint density at radius 3 is 2.78 bits per heavy atom. The number of nitrogens with two attached hydrogens (primary N) is 1. The van der Waals surface area contributed by atoms with E-state index in [0.29, 0.717) is 6.54 Å².